The molecule has 1 aliphatic heterocycles. The van der Waals surface area contributed by atoms with Crippen LogP contribution in [0.2, 0.25) is 5.02 Å². The van der Waals surface area contributed by atoms with Crippen molar-refractivity contribution in [3.05, 3.63) is 51.3 Å². The van der Waals surface area contributed by atoms with Gasteiger partial charge in [-0.25, -0.2) is 9.97 Å². The SMILES string of the molecule is CC1CCN(c2cc(NC(=O)c3cc(Cl)ccc3[N+](=O)[O-])ncn2)CC1. The molecule has 0 aliphatic carbocycles. The molecule has 0 spiro atoms. The molecule has 1 saturated heterocycles. The molecule has 1 amide bonds. The third-order valence-corrected chi connectivity index (χ3v) is 4.64. The number of carbonyl (C=O) groups is 1. The van der Waals surface area contributed by atoms with E-state index in [1.54, 1.807) is 6.07 Å². The summed E-state index contributed by atoms with van der Waals surface area (Å²) < 4.78 is 0. The van der Waals surface area contributed by atoms with Crippen molar-refractivity contribution < 1.29 is 9.72 Å². The van der Waals surface area contributed by atoms with Crippen LogP contribution in [0.25, 0.3) is 0 Å². The Labute approximate surface area is 155 Å². The van der Waals surface area contributed by atoms with Crippen molar-refractivity contribution in [2.24, 2.45) is 5.92 Å². The van der Waals surface area contributed by atoms with Gasteiger partial charge in [-0.15, -0.1) is 0 Å². The number of benzene rings is 1. The number of amides is 1. The maximum atomic E-state index is 12.5. The van der Waals surface area contributed by atoms with Crippen molar-refractivity contribution in [1.82, 2.24) is 9.97 Å². The van der Waals surface area contributed by atoms with E-state index >= 15 is 0 Å². The first-order chi connectivity index (χ1) is 12.4. The molecule has 1 aromatic carbocycles. The topological polar surface area (TPSA) is 101 Å². The first-order valence-electron chi connectivity index (χ1n) is 8.26. The molecule has 1 aliphatic rings. The van der Waals surface area contributed by atoms with E-state index in [0.29, 0.717) is 5.92 Å². The Morgan fingerprint density at radius 3 is 2.73 bits per heavy atom. The van der Waals surface area contributed by atoms with Crippen molar-refractivity contribution in [2.45, 2.75) is 19.8 Å². The maximum Gasteiger partial charge on any atom is 0.282 e. The number of aromatic nitrogens is 2. The first kappa shape index (κ1) is 18.1. The lowest BCUT2D eigenvalue weighted by Crippen LogP contribution is -2.33. The molecule has 1 fully saturated rings. The number of hydrogen-bond donors (Lipinski definition) is 1. The Hall–Kier alpha value is -2.74. The molecular weight excluding hydrogens is 358 g/mol. The number of piperidine rings is 1. The lowest BCUT2D eigenvalue weighted by molar-refractivity contribution is -0.385. The molecule has 9 heteroatoms. The zero-order chi connectivity index (χ0) is 18.7. The van der Waals surface area contributed by atoms with Crippen LogP contribution in [-0.2, 0) is 0 Å². The second-order valence-electron chi connectivity index (χ2n) is 6.30. The van der Waals surface area contributed by atoms with Crippen molar-refractivity contribution in [1.29, 1.82) is 0 Å². The molecule has 1 N–H and O–H groups in total. The Balaban J connectivity index is 1.79. The largest absolute Gasteiger partial charge is 0.356 e. The Morgan fingerprint density at radius 1 is 1.31 bits per heavy atom. The van der Waals surface area contributed by atoms with Gasteiger partial charge in [0.1, 0.15) is 23.5 Å². The number of nitrogens with one attached hydrogen (secondary N) is 1. The van der Waals surface area contributed by atoms with E-state index in [1.807, 2.05) is 0 Å². The van der Waals surface area contributed by atoms with Gasteiger partial charge in [0.05, 0.1) is 4.92 Å². The van der Waals surface area contributed by atoms with Crippen LogP contribution in [0.5, 0.6) is 0 Å². The molecule has 1 aromatic heterocycles. The van der Waals surface area contributed by atoms with Crippen LogP contribution in [0.4, 0.5) is 17.3 Å². The average Bonchev–Trinajstić information content (AvgIpc) is 2.62. The van der Waals surface area contributed by atoms with Crippen molar-refractivity contribution in [3.8, 4) is 0 Å². The number of hydrogen-bond acceptors (Lipinski definition) is 6. The fourth-order valence-electron chi connectivity index (χ4n) is 2.86. The maximum absolute atomic E-state index is 12.5. The van der Waals surface area contributed by atoms with E-state index in [0.717, 1.165) is 31.7 Å². The van der Waals surface area contributed by atoms with E-state index in [9.17, 15) is 14.9 Å². The second-order valence-corrected chi connectivity index (χ2v) is 6.74. The summed E-state index contributed by atoms with van der Waals surface area (Å²) in [6, 6.07) is 5.52. The van der Waals surface area contributed by atoms with Crippen molar-refractivity contribution >= 4 is 34.8 Å². The van der Waals surface area contributed by atoms with Gasteiger partial charge in [-0.05, 0) is 30.9 Å². The van der Waals surface area contributed by atoms with Crippen LogP contribution in [0.15, 0.2) is 30.6 Å². The summed E-state index contributed by atoms with van der Waals surface area (Å²) in [5, 5.41) is 14.0. The van der Waals surface area contributed by atoms with Gasteiger partial charge in [-0.3, -0.25) is 14.9 Å². The monoisotopic (exact) mass is 375 g/mol. The number of rotatable bonds is 4. The van der Waals surface area contributed by atoms with E-state index in [-0.39, 0.29) is 22.1 Å². The summed E-state index contributed by atoms with van der Waals surface area (Å²) in [6.07, 6.45) is 3.54. The van der Waals surface area contributed by atoms with Crippen molar-refractivity contribution in [3.63, 3.8) is 0 Å². The van der Waals surface area contributed by atoms with Crippen LogP contribution in [0, 0.1) is 16.0 Å². The molecule has 26 heavy (non-hydrogen) atoms. The highest BCUT2D eigenvalue weighted by Gasteiger charge is 2.22. The molecule has 8 nitrogen and oxygen atoms in total. The van der Waals surface area contributed by atoms with E-state index in [4.69, 9.17) is 11.6 Å². The number of nitrogens with zero attached hydrogens (tertiary/aromatic N) is 4. The summed E-state index contributed by atoms with van der Waals surface area (Å²) in [6.45, 7) is 4.01. The second kappa shape index (κ2) is 7.65. The zero-order valence-corrected chi connectivity index (χ0v) is 14.9. The fraction of sp³-hybridized carbons (Fsp3) is 0.353. The summed E-state index contributed by atoms with van der Waals surface area (Å²) >= 11 is 5.87. The van der Waals surface area contributed by atoms with Crippen LogP contribution in [0.1, 0.15) is 30.1 Å². The van der Waals surface area contributed by atoms with Gasteiger partial charge in [0.2, 0.25) is 0 Å². The van der Waals surface area contributed by atoms with Gasteiger partial charge < -0.3 is 10.2 Å². The smallest absolute Gasteiger partial charge is 0.282 e. The van der Waals surface area contributed by atoms with Crippen LogP contribution in [0.3, 0.4) is 0 Å². The molecule has 0 unspecified atom stereocenters. The zero-order valence-electron chi connectivity index (χ0n) is 14.2. The van der Waals surface area contributed by atoms with Crippen LogP contribution < -0.4 is 10.2 Å². The molecule has 3 rings (SSSR count). The molecular formula is C17H18ClN5O3. The first-order valence-corrected chi connectivity index (χ1v) is 8.64. The predicted molar refractivity (Wildman–Crippen MR) is 98.7 cm³/mol. The third kappa shape index (κ3) is 4.08. The molecule has 0 radical (unpaired) electrons. The summed E-state index contributed by atoms with van der Waals surface area (Å²) in [5.74, 6) is 1.06. The molecule has 136 valence electrons. The number of nitro benzene ring substituents is 1. The minimum atomic E-state index is -0.642. The molecule has 0 bridgehead atoms. The Kier molecular flexibility index (Phi) is 5.32. The normalized spacial score (nSPS) is 14.9. The minimum absolute atomic E-state index is 0.116. The summed E-state index contributed by atoms with van der Waals surface area (Å²) in [7, 11) is 0. The minimum Gasteiger partial charge on any atom is -0.356 e. The van der Waals surface area contributed by atoms with Gasteiger partial charge in [0, 0.05) is 30.2 Å². The number of halogens is 1. The Bertz CT molecular complexity index is 837. The van der Waals surface area contributed by atoms with E-state index in [2.05, 4.69) is 27.1 Å². The lowest BCUT2D eigenvalue weighted by atomic mass is 9.99. The van der Waals surface area contributed by atoms with Crippen LogP contribution in [-0.4, -0.2) is 33.9 Å². The highest BCUT2D eigenvalue weighted by Crippen LogP contribution is 2.25. The fourth-order valence-corrected chi connectivity index (χ4v) is 3.03. The third-order valence-electron chi connectivity index (χ3n) is 4.40. The van der Waals surface area contributed by atoms with Gasteiger partial charge in [0.25, 0.3) is 11.6 Å². The van der Waals surface area contributed by atoms with Gasteiger partial charge >= 0.3 is 0 Å². The van der Waals surface area contributed by atoms with Gasteiger partial charge in [0.15, 0.2) is 0 Å². The number of nitro groups is 1. The van der Waals surface area contributed by atoms with Gasteiger partial charge in [-0.2, -0.15) is 0 Å². The number of anilines is 2. The quantitative estimate of drug-likeness (QED) is 0.648. The highest BCUT2D eigenvalue weighted by molar-refractivity contribution is 6.31. The van der Waals surface area contributed by atoms with Crippen LogP contribution >= 0.6 is 11.6 Å². The van der Waals surface area contributed by atoms with Crippen molar-refractivity contribution in [2.75, 3.05) is 23.3 Å². The highest BCUT2D eigenvalue weighted by atomic mass is 35.5. The molecule has 0 atom stereocenters. The summed E-state index contributed by atoms with van der Waals surface area (Å²) in [4.78, 5) is 33.4. The number of carbonyl (C=O) groups excluding carboxylic acids is 1. The standard InChI is InChI=1S/C17H18ClN5O3/c1-11-4-6-22(7-5-11)16-9-15(19-10-20-16)21-17(24)13-8-12(18)2-3-14(13)23(25)26/h2-3,8-11H,4-7H2,1H3,(H,19,20,21,24). The molecule has 2 heterocycles. The molecule has 0 saturated carbocycles. The van der Waals surface area contributed by atoms with E-state index < -0.39 is 10.8 Å². The van der Waals surface area contributed by atoms with E-state index in [1.165, 1.54) is 24.5 Å². The summed E-state index contributed by atoms with van der Waals surface area (Å²) in [5.41, 5.74) is -0.430. The average molecular weight is 376 g/mol. The predicted octanol–water partition coefficient (Wildman–Crippen LogP) is 3.53. The van der Waals surface area contributed by atoms with Gasteiger partial charge in [-0.1, -0.05) is 18.5 Å². The molecule has 2 aromatic rings. The lowest BCUT2D eigenvalue weighted by Gasteiger charge is -2.31. The Morgan fingerprint density at radius 2 is 2.04 bits per heavy atom.